The van der Waals surface area contributed by atoms with Crippen LogP contribution in [0.5, 0.6) is 11.5 Å². The predicted molar refractivity (Wildman–Crippen MR) is 156 cm³/mol. The van der Waals surface area contributed by atoms with Crippen molar-refractivity contribution in [2.75, 3.05) is 13.2 Å². The Morgan fingerprint density at radius 3 is 2.53 bits per heavy atom. The number of sulfonamides is 1. The van der Waals surface area contributed by atoms with Crippen molar-refractivity contribution in [1.82, 2.24) is 10.1 Å². The highest BCUT2D eigenvalue weighted by Crippen LogP contribution is 2.36. The highest BCUT2D eigenvalue weighted by atomic mass is 127. The molecule has 198 valence electrons. The van der Waals surface area contributed by atoms with Crippen LogP contribution in [-0.2, 0) is 21.2 Å². The van der Waals surface area contributed by atoms with E-state index in [1.165, 1.54) is 18.3 Å². The van der Waals surface area contributed by atoms with Crippen molar-refractivity contribution in [1.29, 1.82) is 0 Å². The van der Waals surface area contributed by atoms with Gasteiger partial charge in [0.1, 0.15) is 12.6 Å². The van der Waals surface area contributed by atoms with Crippen LogP contribution in [0.15, 0.2) is 76.7 Å². The number of rotatable bonds is 12. The number of ether oxygens (including phenoxy) is 2. The van der Waals surface area contributed by atoms with Gasteiger partial charge in [-0.1, -0.05) is 47.9 Å². The van der Waals surface area contributed by atoms with E-state index in [1.54, 1.807) is 24.3 Å². The topological polar surface area (TPSA) is 106 Å². The fourth-order valence-corrected chi connectivity index (χ4v) is 5.16. The minimum atomic E-state index is -3.98. The molecule has 0 saturated carbocycles. The molecule has 8 nitrogen and oxygen atoms in total. The molecular weight excluding hydrogens is 641 g/mol. The van der Waals surface area contributed by atoms with Crippen molar-refractivity contribution < 1.29 is 22.7 Å². The summed E-state index contributed by atoms with van der Waals surface area (Å²) in [7, 11) is -3.98. The lowest BCUT2D eigenvalue weighted by molar-refractivity contribution is -0.122. The molecule has 0 unspecified atom stereocenters. The van der Waals surface area contributed by atoms with Crippen LogP contribution in [0.4, 0.5) is 0 Å². The molecule has 0 aliphatic rings. The van der Waals surface area contributed by atoms with Crippen molar-refractivity contribution in [2.45, 2.75) is 24.3 Å². The Morgan fingerprint density at radius 2 is 1.87 bits per heavy atom. The van der Waals surface area contributed by atoms with E-state index >= 15 is 0 Å². The van der Waals surface area contributed by atoms with Gasteiger partial charge in [0.2, 0.25) is 10.0 Å². The smallest absolute Gasteiger partial charge is 0.258 e. The average Bonchev–Trinajstić information content (AvgIpc) is 2.89. The van der Waals surface area contributed by atoms with E-state index in [0.29, 0.717) is 23.7 Å². The number of halogens is 2. The Bertz CT molecular complexity index is 1430. The van der Waals surface area contributed by atoms with Gasteiger partial charge in [-0.3, -0.25) is 4.79 Å². The van der Waals surface area contributed by atoms with E-state index in [4.69, 9.17) is 27.5 Å². The van der Waals surface area contributed by atoms with Crippen LogP contribution < -0.4 is 19.6 Å². The van der Waals surface area contributed by atoms with E-state index in [-0.39, 0.29) is 22.9 Å². The third-order valence-electron chi connectivity index (χ3n) is 5.04. The van der Waals surface area contributed by atoms with Crippen LogP contribution in [0.3, 0.4) is 0 Å². The van der Waals surface area contributed by atoms with Gasteiger partial charge in [-0.15, -0.1) is 6.42 Å². The first-order valence-electron chi connectivity index (χ1n) is 11.4. The molecule has 0 aromatic heterocycles. The summed E-state index contributed by atoms with van der Waals surface area (Å²) >= 11 is 8.41. The molecule has 0 saturated heterocycles. The Balaban J connectivity index is 1.80. The zero-order valence-electron chi connectivity index (χ0n) is 20.4. The lowest BCUT2D eigenvalue weighted by atomic mass is 10.1. The summed E-state index contributed by atoms with van der Waals surface area (Å²) in [6, 6.07) is 17.5. The second-order valence-corrected chi connectivity index (χ2v) is 11.2. The van der Waals surface area contributed by atoms with Crippen LogP contribution in [0.2, 0.25) is 5.02 Å². The van der Waals surface area contributed by atoms with Gasteiger partial charge in [-0.2, -0.15) is 9.82 Å². The zero-order valence-corrected chi connectivity index (χ0v) is 24.1. The van der Waals surface area contributed by atoms with Crippen LogP contribution in [0.25, 0.3) is 0 Å². The predicted octanol–water partition coefficient (Wildman–Crippen LogP) is 4.40. The Hall–Kier alpha value is -3.11. The normalized spacial score (nSPS) is 12.1. The Kier molecular flexibility index (Phi) is 11.0. The quantitative estimate of drug-likeness (QED) is 0.129. The molecule has 0 fully saturated rings. The minimum absolute atomic E-state index is 0.0181. The lowest BCUT2D eigenvalue weighted by Gasteiger charge is -2.17. The number of hydrogen-bond acceptors (Lipinski definition) is 6. The summed E-state index contributed by atoms with van der Waals surface area (Å²) in [6.07, 6.45) is 6.75. The highest BCUT2D eigenvalue weighted by molar-refractivity contribution is 14.1. The molecule has 0 heterocycles. The van der Waals surface area contributed by atoms with Crippen LogP contribution >= 0.6 is 34.2 Å². The zero-order chi connectivity index (χ0) is 27.5. The van der Waals surface area contributed by atoms with Gasteiger partial charge in [-0.25, -0.2) is 13.8 Å². The molecule has 1 atom stereocenters. The maximum Gasteiger partial charge on any atom is 0.258 e. The summed E-state index contributed by atoms with van der Waals surface area (Å²) in [4.78, 5) is 13.1. The van der Waals surface area contributed by atoms with E-state index in [0.717, 1.165) is 9.13 Å². The van der Waals surface area contributed by atoms with Crippen molar-refractivity contribution in [3.05, 3.63) is 86.4 Å². The Labute approximate surface area is 241 Å². The first-order valence-corrected chi connectivity index (χ1v) is 14.3. The van der Waals surface area contributed by atoms with Gasteiger partial charge >= 0.3 is 0 Å². The van der Waals surface area contributed by atoms with Gasteiger partial charge in [-0.05, 0) is 83.5 Å². The fourth-order valence-electron chi connectivity index (χ4n) is 3.33. The summed E-state index contributed by atoms with van der Waals surface area (Å²) < 4.78 is 40.4. The maximum atomic E-state index is 13.1. The lowest BCUT2D eigenvalue weighted by Crippen LogP contribution is -2.46. The summed E-state index contributed by atoms with van der Waals surface area (Å²) in [5.74, 6) is 2.41. The molecule has 1 amide bonds. The number of nitrogens with zero attached hydrogens (tertiary/aromatic N) is 1. The molecule has 0 aliphatic heterocycles. The third kappa shape index (κ3) is 8.46. The van der Waals surface area contributed by atoms with E-state index in [2.05, 4.69) is 43.8 Å². The van der Waals surface area contributed by atoms with Crippen molar-refractivity contribution >= 4 is 56.3 Å². The largest absolute Gasteiger partial charge is 0.490 e. The van der Waals surface area contributed by atoms with Crippen LogP contribution in [0, 0.1) is 15.9 Å². The number of terminal acetylenes is 1. The van der Waals surface area contributed by atoms with Gasteiger partial charge in [0.15, 0.2) is 11.5 Å². The van der Waals surface area contributed by atoms with Gasteiger partial charge in [0, 0.05) is 3.57 Å². The second-order valence-electron chi connectivity index (χ2n) is 7.81. The van der Waals surface area contributed by atoms with Gasteiger partial charge in [0.05, 0.1) is 22.7 Å². The molecule has 3 aromatic rings. The number of carbonyl (C=O) groups excluding carboxylic acids is 1. The summed E-state index contributed by atoms with van der Waals surface area (Å²) in [6.45, 7) is 2.19. The number of hydrazone groups is 1. The second kappa shape index (κ2) is 14.2. The Morgan fingerprint density at radius 1 is 1.16 bits per heavy atom. The molecular formula is C27H25ClIN3O5S. The highest BCUT2D eigenvalue weighted by Gasteiger charge is 2.26. The first kappa shape index (κ1) is 29.4. The van der Waals surface area contributed by atoms with Crippen LogP contribution in [0.1, 0.15) is 18.1 Å². The molecule has 38 heavy (non-hydrogen) atoms. The summed E-state index contributed by atoms with van der Waals surface area (Å²) in [5.41, 5.74) is 3.71. The molecule has 0 bridgehead atoms. The SMILES string of the molecule is C#CCOc1c(Cl)cc(/C=N\NC(=O)[C@H](Cc2ccccc2)NS(=O)(=O)c2ccc(I)cc2)cc1OCC. The molecule has 2 N–H and O–H groups in total. The third-order valence-corrected chi connectivity index (χ3v) is 7.53. The van der Waals surface area contributed by atoms with E-state index in [9.17, 15) is 13.2 Å². The number of amides is 1. The van der Waals surface area contributed by atoms with Crippen molar-refractivity contribution in [2.24, 2.45) is 5.10 Å². The summed E-state index contributed by atoms with van der Waals surface area (Å²) in [5, 5.41) is 4.26. The molecule has 3 rings (SSSR count). The maximum absolute atomic E-state index is 13.1. The van der Waals surface area contributed by atoms with Gasteiger partial charge < -0.3 is 9.47 Å². The fraction of sp³-hybridized carbons (Fsp3) is 0.185. The van der Waals surface area contributed by atoms with Crippen molar-refractivity contribution in [3.8, 4) is 23.8 Å². The number of benzene rings is 3. The van der Waals surface area contributed by atoms with Crippen molar-refractivity contribution in [3.63, 3.8) is 0 Å². The molecule has 3 aromatic carbocycles. The average molecular weight is 666 g/mol. The first-order chi connectivity index (χ1) is 18.2. The molecule has 0 radical (unpaired) electrons. The standard InChI is InChI=1S/C27H25ClIN3O5S/c1-3-14-37-26-23(28)15-20(17-25(26)36-4-2)18-30-31-27(33)24(16-19-8-6-5-7-9-19)32-38(34,35)22-12-10-21(29)11-13-22/h1,5-13,15,17-18,24,32H,4,14,16H2,2H3,(H,31,33)/b30-18-/t24-/m0/s1. The molecule has 11 heteroatoms. The minimum Gasteiger partial charge on any atom is -0.490 e. The monoisotopic (exact) mass is 665 g/mol. The number of hydrogen-bond donors (Lipinski definition) is 2. The molecule has 0 aliphatic carbocycles. The number of nitrogens with one attached hydrogen (secondary N) is 2. The van der Waals surface area contributed by atoms with E-state index in [1.807, 2.05) is 37.3 Å². The molecule has 0 spiro atoms. The van der Waals surface area contributed by atoms with Crippen LogP contribution in [-0.4, -0.2) is 39.8 Å². The van der Waals surface area contributed by atoms with Gasteiger partial charge in [0.25, 0.3) is 5.91 Å². The van der Waals surface area contributed by atoms with E-state index < -0.39 is 22.0 Å². The number of carbonyl (C=O) groups is 1.